The highest BCUT2D eigenvalue weighted by atomic mass is 16.6. The van der Waals surface area contributed by atoms with Gasteiger partial charge in [-0.1, -0.05) is 30.3 Å². The van der Waals surface area contributed by atoms with Gasteiger partial charge in [-0.15, -0.1) is 0 Å². The van der Waals surface area contributed by atoms with Crippen LogP contribution < -0.4 is 16.0 Å². The van der Waals surface area contributed by atoms with Gasteiger partial charge in [0.25, 0.3) is 0 Å². The molecule has 0 aliphatic carbocycles. The van der Waals surface area contributed by atoms with E-state index in [0.717, 1.165) is 5.56 Å². The summed E-state index contributed by atoms with van der Waals surface area (Å²) in [5, 5.41) is 8.93. The third kappa shape index (κ3) is 5.90. The number of rotatable bonds is 4. The third-order valence-corrected chi connectivity index (χ3v) is 3.53. The number of benzene rings is 1. The Labute approximate surface area is 137 Å². The molecule has 1 saturated heterocycles. The number of hydrogen-bond donors (Lipinski definition) is 3. The number of nitrogens with one attached hydrogen (secondary N) is 3. The van der Waals surface area contributed by atoms with Gasteiger partial charge < -0.3 is 20.7 Å². The lowest BCUT2D eigenvalue weighted by Gasteiger charge is -2.32. The van der Waals surface area contributed by atoms with Crippen LogP contribution in [0.15, 0.2) is 30.3 Å². The summed E-state index contributed by atoms with van der Waals surface area (Å²) in [6.07, 6.45) is 0.213. The van der Waals surface area contributed by atoms with E-state index in [1.807, 2.05) is 51.1 Å². The second-order valence-electron chi connectivity index (χ2n) is 6.73. The molecule has 1 heterocycles. The van der Waals surface area contributed by atoms with Crippen LogP contribution in [0.4, 0.5) is 4.79 Å². The van der Waals surface area contributed by atoms with Crippen molar-refractivity contribution in [2.24, 2.45) is 0 Å². The first-order valence-corrected chi connectivity index (χ1v) is 7.87. The van der Waals surface area contributed by atoms with Crippen LogP contribution in [0, 0.1) is 0 Å². The molecule has 0 radical (unpaired) electrons. The van der Waals surface area contributed by atoms with E-state index in [0.29, 0.717) is 13.0 Å². The first-order chi connectivity index (χ1) is 10.8. The van der Waals surface area contributed by atoms with E-state index in [9.17, 15) is 9.59 Å². The Morgan fingerprint density at radius 1 is 1.35 bits per heavy atom. The normalized spacial score (nSPS) is 19.6. The van der Waals surface area contributed by atoms with Gasteiger partial charge in [0.1, 0.15) is 5.60 Å². The molecule has 0 saturated carbocycles. The lowest BCUT2D eigenvalue weighted by Crippen LogP contribution is -2.61. The van der Waals surface area contributed by atoms with Gasteiger partial charge in [-0.05, 0) is 32.8 Å². The number of hydrogen-bond acceptors (Lipinski definition) is 4. The minimum Gasteiger partial charge on any atom is -0.444 e. The van der Waals surface area contributed by atoms with Crippen molar-refractivity contribution in [2.75, 3.05) is 13.1 Å². The molecule has 0 spiro atoms. The molecule has 2 amide bonds. The molecule has 6 nitrogen and oxygen atoms in total. The number of carbonyl (C=O) groups excluding carboxylic acids is 2. The highest BCUT2D eigenvalue weighted by Crippen LogP contribution is 2.11. The van der Waals surface area contributed by atoms with Crippen molar-refractivity contribution in [2.45, 2.75) is 44.9 Å². The van der Waals surface area contributed by atoms with Crippen LogP contribution in [-0.4, -0.2) is 42.8 Å². The largest absolute Gasteiger partial charge is 0.444 e. The van der Waals surface area contributed by atoms with Crippen LogP contribution in [0.1, 0.15) is 26.3 Å². The lowest BCUT2D eigenvalue weighted by atomic mass is 9.98. The summed E-state index contributed by atoms with van der Waals surface area (Å²) in [5.74, 6) is -0.0306. The molecule has 1 aromatic carbocycles. The molecule has 0 aromatic heterocycles. The molecule has 0 unspecified atom stereocenters. The molecule has 2 atom stereocenters. The maximum atomic E-state index is 12.1. The third-order valence-electron chi connectivity index (χ3n) is 3.53. The van der Waals surface area contributed by atoms with Crippen LogP contribution in [-0.2, 0) is 16.0 Å². The van der Waals surface area contributed by atoms with Crippen LogP contribution in [0.2, 0.25) is 0 Å². The summed E-state index contributed by atoms with van der Waals surface area (Å²) in [6.45, 7) is 6.23. The average molecular weight is 319 g/mol. The predicted octanol–water partition coefficient (Wildman–Crippen LogP) is 1.21. The predicted molar refractivity (Wildman–Crippen MR) is 88.1 cm³/mol. The standard InChI is InChI=1S/C17H25N3O3/c1-17(2,3)23-16(22)20-13(9-12-7-5-4-6-8-12)14-10-19-15(21)11-18-14/h4-8,13-14,18H,9-11H2,1-3H3,(H,19,21)(H,20,22)/t13-,14+/m0/s1. The van der Waals surface area contributed by atoms with E-state index in [4.69, 9.17) is 4.74 Å². The second-order valence-corrected chi connectivity index (χ2v) is 6.73. The van der Waals surface area contributed by atoms with Crippen molar-refractivity contribution >= 4 is 12.0 Å². The molecule has 2 rings (SSSR count). The Hall–Kier alpha value is -2.08. The molecule has 23 heavy (non-hydrogen) atoms. The van der Waals surface area contributed by atoms with Gasteiger partial charge in [0.05, 0.1) is 12.6 Å². The van der Waals surface area contributed by atoms with E-state index in [2.05, 4.69) is 16.0 Å². The SMILES string of the molecule is CC(C)(C)OC(=O)N[C@@H](Cc1ccccc1)[C@H]1CNC(=O)CN1. The van der Waals surface area contributed by atoms with Gasteiger partial charge in [-0.2, -0.15) is 0 Å². The Balaban J connectivity index is 2.04. The monoisotopic (exact) mass is 319 g/mol. The highest BCUT2D eigenvalue weighted by molar-refractivity contribution is 5.79. The molecule has 0 bridgehead atoms. The fourth-order valence-electron chi connectivity index (χ4n) is 2.49. The summed E-state index contributed by atoms with van der Waals surface area (Å²) < 4.78 is 5.35. The minimum absolute atomic E-state index is 0.0306. The number of amides is 2. The number of alkyl carbamates (subject to hydrolysis) is 1. The van der Waals surface area contributed by atoms with Crippen molar-refractivity contribution in [3.05, 3.63) is 35.9 Å². The Morgan fingerprint density at radius 3 is 2.61 bits per heavy atom. The first kappa shape index (κ1) is 17.3. The molecule has 1 aromatic rings. The van der Waals surface area contributed by atoms with Crippen LogP contribution in [0.5, 0.6) is 0 Å². The molecule has 1 aliphatic rings. The summed E-state index contributed by atoms with van der Waals surface area (Å²) in [5.41, 5.74) is 0.572. The number of carbonyl (C=O) groups is 2. The summed E-state index contributed by atoms with van der Waals surface area (Å²) >= 11 is 0. The quantitative estimate of drug-likeness (QED) is 0.779. The van der Waals surface area contributed by atoms with E-state index in [-0.39, 0.29) is 24.5 Å². The fraction of sp³-hybridized carbons (Fsp3) is 0.529. The van der Waals surface area contributed by atoms with Crippen LogP contribution in [0.25, 0.3) is 0 Å². The Bertz CT molecular complexity index is 530. The van der Waals surface area contributed by atoms with Gasteiger partial charge in [-0.25, -0.2) is 4.79 Å². The zero-order chi connectivity index (χ0) is 16.9. The summed E-state index contributed by atoms with van der Waals surface area (Å²) in [6, 6.07) is 9.72. The molecule has 6 heteroatoms. The van der Waals surface area contributed by atoms with Crippen molar-refractivity contribution in [3.63, 3.8) is 0 Å². The van der Waals surface area contributed by atoms with Crippen molar-refractivity contribution in [1.82, 2.24) is 16.0 Å². The molecular formula is C17H25N3O3. The molecule has 3 N–H and O–H groups in total. The number of ether oxygens (including phenoxy) is 1. The molecular weight excluding hydrogens is 294 g/mol. The fourth-order valence-corrected chi connectivity index (χ4v) is 2.49. The Kier molecular flexibility index (Phi) is 5.60. The average Bonchev–Trinajstić information content (AvgIpc) is 2.46. The molecule has 1 aliphatic heterocycles. The van der Waals surface area contributed by atoms with E-state index in [1.165, 1.54) is 0 Å². The first-order valence-electron chi connectivity index (χ1n) is 7.87. The van der Waals surface area contributed by atoms with Gasteiger partial charge in [0, 0.05) is 12.6 Å². The number of piperazine rings is 1. The highest BCUT2D eigenvalue weighted by Gasteiger charge is 2.28. The summed E-state index contributed by atoms with van der Waals surface area (Å²) in [4.78, 5) is 23.4. The van der Waals surface area contributed by atoms with Gasteiger partial charge in [-0.3, -0.25) is 4.79 Å². The van der Waals surface area contributed by atoms with Gasteiger partial charge >= 0.3 is 6.09 Å². The molecule has 126 valence electrons. The molecule has 1 fully saturated rings. The van der Waals surface area contributed by atoms with E-state index < -0.39 is 11.7 Å². The van der Waals surface area contributed by atoms with Crippen molar-refractivity contribution in [1.29, 1.82) is 0 Å². The van der Waals surface area contributed by atoms with Crippen molar-refractivity contribution < 1.29 is 14.3 Å². The van der Waals surface area contributed by atoms with E-state index >= 15 is 0 Å². The Morgan fingerprint density at radius 2 is 2.04 bits per heavy atom. The minimum atomic E-state index is -0.546. The topological polar surface area (TPSA) is 79.5 Å². The summed E-state index contributed by atoms with van der Waals surface area (Å²) in [7, 11) is 0. The second kappa shape index (κ2) is 7.46. The van der Waals surface area contributed by atoms with Gasteiger partial charge in [0.2, 0.25) is 5.91 Å². The van der Waals surface area contributed by atoms with Crippen LogP contribution >= 0.6 is 0 Å². The van der Waals surface area contributed by atoms with Gasteiger partial charge in [0.15, 0.2) is 0 Å². The smallest absolute Gasteiger partial charge is 0.407 e. The zero-order valence-electron chi connectivity index (χ0n) is 13.9. The van der Waals surface area contributed by atoms with Crippen molar-refractivity contribution in [3.8, 4) is 0 Å². The van der Waals surface area contributed by atoms with E-state index in [1.54, 1.807) is 0 Å². The lowest BCUT2D eigenvalue weighted by molar-refractivity contribution is -0.121. The maximum absolute atomic E-state index is 12.1. The maximum Gasteiger partial charge on any atom is 0.407 e. The van der Waals surface area contributed by atoms with Crippen LogP contribution in [0.3, 0.4) is 0 Å². The zero-order valence-corrected chi connectivity index (χ0v) is 13.9.